The van der Waals surface area contributed by atoms with Crippen LogP contribution in [0.4, 0.5) is 5.69 Å². The van der Waals surface area contributed by atoms with Crippen LogP contribution in [0.5, 0.6) is 0 Å². The molecule has 1 aromatic rings. The van der Waals surface area contributed by atoms with Crippen LogP contribution in [0.25, 0.3) is 0 Å². The Morgan fingerprint density at radius 2 is 2.31 bits per heavy atom. The van der Waals surface area contributed by atoms with Crippen molar-refractivity contribution in [1.29, 1.82) is 5.26 Å². The van der Waals surface area contributed by atoms with Crippen LogP contribution in [0.1, 0.15) is 26.0 Å². The number of pyridine rings is 1. The van der Waals surface area contributed by atoms with E-state index < -0.39 is 0 Å². The van der Waals surface area contributed by atoms with Gasteiger partial charge in [0.25, 0.3) is 0 Å². The quantitative estimate of drug-likeness (QED) is 0.745. The van der Waals surface area contributed by atoms with Crippen LogP contribution in [0.3, 0.4) is 0 Å². The minimum absolute atomic E-state index is 0.288. The number of nitrogens with one attached hydrogen (secondary N) is 1. The fourth-order valence-corrected chi connectivity index (χ4v) is 1.19. The van der Waals surface area contributed by atoms with Gasteiger partial charge < -0.3 is 10.1 Å². The third kappa shape index (κ3) is 4.76. The summed E-state index contributed by atoms with van der Waals surface area (Å²) in [6.45, 7) is 5.66. The summed E-state index contributed by atoms with van der Waals surface area (Å²) in [6, 6.07) is 5.54. The Morgan fingerprint density at radius 3 is 2.88 bits per heavy atom. The first-order valence-electron chi connectivity index (χ1n) is 5.44. The van der Waals surface area contributed by atoms with Crippen LogP contribution in [-0.4, -0.2) is 24.2 Å². The van der Waals surface area contributed by atoms with Crippen molar-refractivity contribution < 1.29 is 4.74 Å². The van der Waals surface area contributed by atoms with E-state index in [0.717, 1.165) is 25.3 Å². The molecule has 1 rings (SSSR count). The normalized spacial score (nSPS) is 10.1. The van der Waals surface area contributed by atoms with E-state index in [0.29, 0.717) is 5.69 Å². The average Bonchev–Trinajstić information content (AvgIpc) is 2.29. The number of nitriles is 1. The summed E-state index contributed by atoms with van der Waals surface area (Å²) in [7, 11) is 0. The summed E-state index contributed by atoms with van der Waals surface area (Å²) < 4.78 is 5.42. The number of aromatic nitrogens is 1. The molecular formula is C12H17N3O. The summed E-state index contributed by atoms with van der Waals surface area (Å²) in [5.41, 5.74) is 1.37. The highest BCUT2D eigenvalue weighted by atomic mass is 16.5. The van der Waals surface area contributed by atoms with Crippen molar-refractivity contribution in [3.05, 3.63) is 24.0 Å². The minimum atomic E-state index is 0.288. The lowest BCUT2D eigenvalue weighted by molar-refractivity contribution is 0.0787. The molecule has 0 bridgehead atoms. The second kappa shape index (κ2) is 6.81. The molecule has 0 aliphatic heterocycles. The summed E-state index contributed by atoms with van der Waals surface area (Å²) in [5.74, 6) is 0. The molecule has 0 amide bonds. The molecule has 0 aromatic carbocycles. The minimum Gasteiger partial charge on any atom is -0.384 e. The third-order valence-electron chi connectivity index (χ3n) is 1.98. The van der Waals surface area contributed by atoms with Crippen LogP contribution in [0.2, 0.25) is 0 Å². The van der Waals surface area contributed by atoms with Gasteiger partial charge in [-0.1, -0.05) is 0 Å². The van der Waals surface area contributed by atoms with Crippen LogP contribution >= 0.6 is 0 Å². The fourth-order valence-electron chi connectivity index (χ4n) is 1.19. The van der Waals surface area contributed by atoms with Crippen LogP contribution in [0, 0.1) is 11.3 Å². The van der Waals surface area contributed by atoms with Crippen molar-refractivity contribution in [2.45, 2.75) is 26.4 Å². The smallest absolute Gasteiger partial charge is 0.140 e. The highest BCUT2D eigenvalue weighted by molar-refractivity contribution is 5.42. The number of hydrogen-bond donors (Lipinski definition) is 1. The van der Waals surface area contributed by atoms with Crippen LogP contribution < -0.4 is 5.32 Å². The number of anilines is 1. The van der Waals surface area contributed by atoms with Crippen molar-refractivity contribution in [3.8, 4) is 6.07 Å². The molecule has 4 nitrogen and oxygen atoms in total. The Morgan fingerprint density at radius 1 is 1.50 bits per heavy atom. The van der Waals surface area contributed by atoms with E-state index >= 15 is 0 Å². The first kappa shape index (κ1) is 12.5. The molecule has 0 unspecified atom stereocenters. The van der Waals surface area contributed by atoms with E-state index in [1.165, 1.54) is 0 Å². The molecule has 0 radical (unpaired) electrons. The van der Waals surface area contributed by atoms with Crippen molar-refractivity contribution in [3.63, 3.8) is 0 Å². The van der Waals surface area contributed by atoms with Crippen LogP contribution in [0.15, 0.2) is 18.3 Å². The maximum Gasteiger partial charge on any atom is 0.140 e. The molecular weight excluding hydrogens is 202 g/mol. The number of rotatable bonds is 6. The van der Waals surface area contributed by atoms with Gasteiger partial charge in [0.2, 0.25) is 0 Å². The van der Waals surface area contributed by atoms with Crippen molar-refractivity contribution >= 4 is 5.69 Å². The monoisotopic (exact) mass is 219 g/mol. The zero-order valence-corrected chi connectivity index (χ0v) is 9.73. The summed E-state index contributed by atoms with van der Waals surface area (Å²) in [4.78, 5) is 3.97. The maximum absolute atomic E-state index is 8.58. The molecule has 0 aliphatic rings. The Hall–Kier alpha value is -1.60. The first-order chi connectivity index (χ1) is 7.72. The zero-order chi connectivity index (χ0) is 11.8. The van der Waals surface area contributed by atoms with Gasteiger partial charge in [0.1, 0.15) is 11.8 Å². The lowest BCUT2D eigenvalue weighted by atomic mass is 10.3. The van der Waals surface area contributed by atoms with Gasteiger partial charge in [-0.2, -0.15) is 5.26 Å². The number of nitrogens with zero attached hydrogens (tertiary/aromatic N) is 2. The Labute approximate surface area is 96.3 Å². The SMILES string of the molecule is CC(C)OCCCNc1ccc(C#N)nc1. The molecule has 86 valence electrons. The van der Waals surface area contributed by atoms with E-state index in [1.807, 2.05) is 26.0 Å². The molecule has 16 heavy (non-hydrogen) atoms. The van der Waals surface area contributed by atoms with Crippen LogP contribution in [-0.2, 0) is 4.74 Å². The standard InChI is InChI=1S/C12H17N3O/c1-10(2)16-7-3-6-14-12-5-4-11(8-13)15-9-12/h4-5,9-10,14H,3,6-7H2,1-2H3. The van der Waals surface area contributed by atoms with Gasteiger partial charge in [0.05, 0.1) is 18.0 Å². The average molecular weight is 219 g/mol. The van der Waals surface area contributed by atoms with Gasteiger partial charge >= 0.3 is 0 Å². The highest BCUT2D eigenvalue weighted by Crippen LogP contribution is 2.05. The van der Waals surface area contributed by atoms with Gasteiger partial charge in [-0.25, -0.2) is 4.98 Å². The van der Waals surface area contributed by atoms with Gasteiger partial charge in [0, 0.05) is 13.2 Å². The molecule has 1 aromatic heterocycles. The summed E-state index contributed by atoms with van der Waals surface area (Å²) in [6.07, 6.45) is 2.91. The molecule has 4 heteroatoms. The van der Waals surface area contributed by atoms with Gasteiger partial charge in [0.15, 0.2) is 0 Å². The zero-order valence-electron chi connectivity index (χ0n) is 9.73. The van der Waals surface area contributed by atoms with Gasteiger partial charge in [-0.3, -0.25) is 0 Å². The predicted molar refractivity (Wildman–Crippen MR) is 63.1 cm³/mol. The van der Waals surface area contributed by atoms with E-state index in [1.54, 1.807) is 12.3 Å². The molecule has 0 fully saturated rings. The number of hydrogen-bond acceptors (Lipinski definition) is 4. The number of ether oxygens (including phenoxy) is 1. The van der Waals surface area contributed by atoms with Crippen molar-refractivity contribution in [2.24, 2.45) is 0 Å². The van der Waals surface area contributed by atoms with E-state index in [4.69, 9.17) is 10.00 Å². The van der Waals surface area contributed by atoms with E-state index in [-0.39, 0.29) is 6.10 Å². The second-order valence-electron chi connectivity index (χ2n) is 3.74. The second-order valence-corrected chi connectivity index (χ2v) is 3.74. The predicted octanol–water partition coefficient (Wildman–Crippen LogP) is 2.18. The van der Waals surface area contributed by atoms with E-state index in [2.05, 4.69) is 10.3 Å². The first-order valence-corrected chi connectivity index (χ1v) is 5.44. The molecule has 0 atom stereocenters. The van der Waals surface area contributed by atoms with Gasteiger partial charge in [-0.05, 0) is 32.4 Å². The molecule has 0 saturated heterocycles. The third-order valence-corrected chi connectivity index (χ3v) is 1.98. The van der Waals surface area contributed by atoms with Crippen molar-refractivity contribution in [2.75, 3.05) is 18.5 Å². The molecule has 0 spiro atoms. The molecule has 0 saturated carbocycles. The Bertz CT molecular complexity index is 340. The lowest BCUT2D eigenvalue weighted by Crippen LogP contribution is -2.09. The largest absolute Gasteiger partial charge is 0.384 e. The summed E-state index contributed by atoms with van der Waals surface area (Å²) in [5, 5.41) is 11.8. The molecule has 1 N–H and O–H groups in total. The topological polar surface area (TPSA) is 57.9 Å². The Kier molecular flexibility index (Phi) is 5.30. The summed E-state index contributed by atoms with van der Waals surface area (Å²) >= 11 is 0. The maximum atomic E-state index is 8.58. The molecule has 1 heterocycles. The van der Waals surface area contributed by atoms with Crippen molar-refractivity contribution in [1.82, 2.24) is 4.98 Å². The van der Waals surface area contributed by atoms with E-state index in [9.17, 15) is 0 Å². The van der Waals surface area contributed by atoms with Gasteiger partial charge in [-0.15, -0.1) is 0 Å². The Balaban J connectivity index is 2.20. The fraction of sp³-hybridized carbons (Fsp3) is 0.500. The molecule has 0 aliphatic carbocycles. The lowest BCUT2D eigenvalue weighted by Gasteiger charge is -2.08. The highest BCUT2D eigenvalue weighted by Gasteiger charge is 1.95.